The van der Waals surface area contributed by atoms with E-state index in [4.69, 9.17) is 21.1 Å². The second-order valence-electron chi connectivity index (χ2n) is 12.4. The molecule has 4 nitrogen and oxygen atoms in total. The highest BCUT2D eigenvalue weighted by Gasteiger charge is 2.63. The van der Waals surface area contributed by atoms with Gasteiger partial charge in [-0.05, 0) is 105 Å². The monoisotopic (exact) mass is 480 g/mol. The van der Waals surface area contributed by atoms with Crippen LogP contribution in [0.4, 0.5) is 0 Å². The summed E-state index contributed by atoms with van der Waals surface area (Å²) < 4.78 is 11.7. The largest absolute Gasteiger partial charge is 0.463 e. The Hall–Kier alpha value is -0.770. The Labute approximate surface area is 205 Å². The second kappa shape index (κ2) is 9.70. The average Bonchev–Trinajstić information content (AvgIpc) is 3.09. The lowest BCUT2D eigenvalue weighted by Gasteiger charge is -2.62. The van der Waals surface area contributed by atoms with Gasteiger partial charge in [0.2, 0.25) is 0 Å². The Morgan fingerprint density at radius 1 is 0.909 bits per heavy atom. The van der Waals surface area contributed by atoms with Gasteiger partial charge in [-0.25, -0.2) is 0 Å². The smallest absolute Gasteiger partial charge is 0.302 e. The summed E-state index contributed by atoms with van der Waals surface area (Å²) in [6.07, 6.45) is 11.3. The molecule has 4 rings (SSSR count). The van der Waals surface area contributed by atoms with Gasteiger partial charge in [0.25, 0.3) is 0 Å². The molecule has 0 aromatic rings. The molecule has 4 aliphatic carbocycles. The molecule has 4 fully saturated rings. The Morgan fingerprint density at radius 2 is 1.58 bits per heavy atom. The summed E-state index contributed by atoms with van der Waals surface area (Å²) in [5.74, 6) is 4.22. The molecule has 10 atom stereocenters. The van der Waals surface area contributed by atoms with Gasteiger partial charge in [-0.3, -0.25) is 9.59 Å². The standard InChI is InChI=1S/C28H45ClO4/c1-17(7-6-14-29)22-8-9-23-21-16-26(33-19(3)31)25-15-20(32-18(2)30)10-12-28(25,5)24(21)11-13-27(22,23)4/h17,20-26H,6-16H2,1-5H3/t17-,20-,21+,22-,23+,24+,25?,26+,27-,28-/m1/s1. The van der Waals surface area contributed by atoms with Gasteiger partial charge in [0.15, 0.2) is 0 Å². The number of fused-ring (bicyclic) bond motifs is 5. The Bertz CT molecular complexity index is 739. The van der Waals surface area contributed by atoms with Gasteiger partial charge >= 0.3 is 11.9 Å². The van der Waals surface area contributed by atoms with E-state index in [0.717, 1.165) is 55.7 Å². The zero-order valence-electron chi connectivity index (χ0n) is 21.4. The zero-order valence-corrected chi connectivity index (χ0v) is 22.2. The van der Waals surface area contributed by atoms with Crippen molar-refractivity contribution >= 4 is 23.5 Å². The Balaban J connectivity index is 1.59. The fourth-order valence-electron chi connectivity index (χ4n) is 9.49. The van der Waals surface area contributed by atoms with E-state index in [9.17, 15) is 9.59 Å². The van der Waals surface area contributed by atoms with Crippen molar-refractivity contribution < 1.29 is 19.1 Å². The van der Waals surface area contributed by atoms with Crippen LogP contribution in [0.5, 0.6) is 0 Å². The van der Waals surface area contributed by atoms with Gasteiger partial charge in [-0.1, -0.05) is 20.8 Å². The minimum atomic E-state index is -0.199. The fourth-order valence-corrected chi connectivity index (χ4v) is 9.65. The quantitative estimate of drug-likeness (QED) is 0.310. The van der Waals surface area contributed by atoms with E-state index in [-0.39, 0.29) is 35.5 Å². The minimum Gasteiger partial charge on any atom is -0.463 e. The van der Waals surface area contributed by atoms with Crippen LogP contribution < -0.4 is 0 Å². The van der Waals surface area contributed by atoms with Crippen LogP contribution in [0.3, 0.4) is 0 Å². The van der Waals surface area contributed by atoms with Crippen LogP contribution in [0, 0.1) is 46.3 Å². The minimum absolute atomic E-state index is 0.0392. The topological polar surface area (TPSA) is 52.6 Å². The summed E-state index contributed by atoms with van der Waals surface area (Å²) in [5, 5.41) is 0. The molecule has 0 aliphatic heterocycles. The van der Waals surface area contributed by atoms with Crippen LogP contribution in [0.15, 0.2) is 0 Å². The molecule has 5 heteroatoms. The van der Waals surface area contributed by atoms with Crippen molar-refractivity contribution in [1.29, 1.82) is 0 Å². The molecule has 0 spiro atoms. The first-order chi connectivity index (χ1) is 15.6. The number of carbonyl (C=O) groups excluding carboxylic acids is 2. The molecule has 33 heavy (non-hydrogen) atoms. The van der Waals surface area contributed by atoms with Crippen molar-refractivity contribution in [3.8, 4) is 0 Å². The first-order valence-corrected chi connectivity index (χ1v) is 14.0. The highest BCUT2D eigenvalue weighted by atomic mass is 35.5. The summed E-state index contributed by atoms with van der Waals surface area (Å²) in [6, 6.07) is 0. The molecule has 4 saturated carbocycles. The van der Waals surface area contributed by atoms with E-state index in [1.165, 1.54) is 39.0 Å². The molecule has 0 aromatic heterocycles. The van der Waals surface area contributed by atoms with Crippen LogP contribution in [-0.4, -0.2) is 30.0 Å². The van der Waals surface area contributed by atoms with Gasteiger partial charge in [0.05, 0.1) is 0 Å². The third kappa shape index (κ3) is 4.59. The number of ether oxygens (including phenoxy) is 2. The van der Waals surface area contributed by atoms with E-state index in [1.54, 1.807) is 6.92 Å². The summed E-state index contributed by atoms with van der Waals surface area (Å²) in [6.45, 7) is 10.5. The number of rotatable bonds is 6. The predicted octanol–water partition coefficient (Wildman–Crippen LogP) is 6.77. The maximum atomic E-state index is 12.1. The molecule has 0 heterocycles. The summed E-state index contributed by atoms with van der Waals surface area (Å²) in [5.41, 5.74) is 0.551. The molecule has 4 aliphatic rings. The molecular formula is C28H45ClO4. The highest BCUT2D eigenvalue weighted by molar-refractivity contribution is 6.17. The molecule has 0 saturated heterocycles. The summed E-state index contributed by atoms with van der Waals surface area (Å²) in [7, 11) is 0. The van der Waals surface area contributed by atoms with Crippen molar-refractivity contribution in [2.45, 2.75) is 111 Å². The van der Waals surface area contributed by atoms with Crippen LogP contribution in [0.2, 0.25) is 0 Å². The lowest BCUT2D eigenvalue weighted by atomic mass is 9.43. The van der Waals surface area contributed by atoms with E-state index >= 15 is 0 Å². The van der Waals surface area contributed by atoms with Crippen molar-refractivity contribution in [2.75, 3.05) is 5.88 Å². The lowest BCUT2D eigenvalue weighted by Crippen LogP contribution is -2.59. The van der Waals surface area contributed by atoms with Gasteiger partial charge in [-0.15, -0.1) is 11.6 Å². The van der Waals surface area contributed by atoms with Crippen molar-refractivity contribution in [3.05, 3.63) is 0 Å². The summed E-state index contributed by atoms with van der Waals surface area (Å²) in [4.78, 5) is 23.8. The van der Waals surface area contributed by atoms with Crippen LogP contribution in [-0.2, 0) is 19.1 Å². The third-order valence-corrected chi connectivity index (χ3v) is 11.1. The number of carbonyl (C=O) groups is 2. The van der Waals surface area contributed by atoms with Crippen molar-refractivity contribution in [1.82, 2.24) is 0 Å². The number of hydrogen-bond acceptors (Lipinski definition) is 4. The fraction of sp³-hybridized carbons (Fsp3) is 0.929. The normalized spacial score (nSPS) is 45.3. The molecule has 0 bridgehead atoms. The van der Waals surface area contributed by atoms with Crippen molar-refractivity contribution in [2.24, 2.45) is 46.3 Å². The first kappa shape index (κ1) is 25.3. The maximum Gasteiger partial charge on any atom is 0.302 e. The highest BCUT2D eigenvalue weighted by Crippen LogP contribution is 2.68. The predicted molar refractivity (Wildman–Crippen MR) is 131 cm³/mol. The number of alkyl halides is 1. The van der Waals surface area contributed by atoms with E-state index in [0.29, 0.717) is 17.3 Å². The van der Waals surface area contributed by atoms with Crippen LogP contribution >= 0.6 is 11.6 Å². The lowest BCUT2D eigenvalue weighted by molar-refractivity contribution is -0.197. The molecule has 188 valence electrons. The number of halogens is 1. The maximum absolute atomic E-state index is 12.1. The average molecular weight is 481 g/mol. The Kier molecular flexibility index (Phi) is 7.45. The van der Waals surface area contributed by atoms with E-state index < -0.39 is 0 Å². The first-order valence-electron chi connectivity index (χ1n) is 13.5. The van der Waals surface area contributed by atoms with Gasteiger partial charge in [-0.2, -0.15) is 0 Å². The van der Waals surface area contributed by atoms with Gasteiger partial charge in [0, 0.05) is 25.6 Å². The van der Waals surface area contributed by atoms with Gasteiger partial charge in [0.1, 0.15) is 12.2 Å². The second-order valence-corrected chi connectivity index (χ2v) is 12.8. The SMILES string of the molecule is CC(=O)O[C@@H]1CC[C@@]2(C)C(C1)[C@@H](OC(C)=O)C[C@H]1[C@@H]3CC[C@H]([C@H](C)CCCCl)[C@@]3(C)CC[C@@H]12. The van der Waals surface area contributed by atoms with Crippen LogP contribution in [0.1, 0.15) is 98.8 Å². The van der Waals surface area contributed by atoms with Crippen LogP contribution in [0.25, 0.3) is 0 Å². The molecule has 0 amide bonds. The van der Waals surface area contributed by atoms with E-state index in [2.05, 4.69) is 20.8 Å². The van der Waals surface area contributed by atoms with E-state index in [1.807, 2.05) is 0 Å². The van der Waals surface area contributed by atoms with Crippen molar-refractivity contribution in [3.63, 3.8) is 0 Å². The molecular weight excluding hydrogens is 436 g/mol. The van der Waals surface area contributed by atoms with Gasteiger partial charge < -0.3 is 9.47 Å². The third-order valence-electron chi connectivity index (χ3n) is 10.8. The zero-order chi connectivity index (χ0) is 24.0. The molecule has 0 radical (unpaired) electrons. The Morgan fingerprint density at radius 3 is 2.24 bits per heavy atom. The summed E-state index contributed by atoms with van der Waals surface area (Å²) >= 11 is 6.02. The molecule has 0 aromatic carbocycles. The molecule has 1 unspecified atom stereocenters. The number of esters is 2. The number of hydrogen-bond donors (Lipinski definition) is 0. The molecule has 0 N–H and O–H groups in total.